The molecular formula is C9H18N4. The summed E-state index contributed by atoms with van der Waals surface area (Å²) in [6.45, 7) is 6.25. The van der Waals surface area contributed by atoms with Gasteiger partial charge in [-0.2, -0.15) is 5.10 Å². The summed E-state index contributed by atoms with van der Waals surface area (Å²) in [5, 5.41) is 6.99. The lowest BCUT2D eigenvalue weighted by Crippen LogP contribution is -2.11. The molecule has 0 aromatic carbocycles. The summed E-state index contributed by atoms with van der Waals surface area (Å²) in [5.74, 6) is 2.02. The first-order chi connectivity index (χ1) is 6.15. The minimum atomic E-state index is 0.00463. The van der Waals surface area contributed by atoms with Crippen LogP contribution in [0.1, 0.15) is 57.2 Å². The van der Waals surface area contributed by atoms with E-state index in [0.29, 0.717) is 5.92 Å². The van der Waals surface area contributed by atoms with Crippen LogP contribution in [0.25, 0.3) is 0 Å². The number of H-pyrrole nitrogens is 1. The molecule has 1 heterocycles. The fraction of sp³-hybridized carbons (Fsp3) is 0.778. The van der Waals surface area contributed by atoms with Crippen molar-refractivity contribution in [3.63, 3.8) is 0 Å². The number of nitrogens with one attached hydrogen (secondary N) is 1. The molecule has 0 fully saturated rings. The molecule has 0 aliphatic rings. The van der Waals surface area contributed by atoms with E-state index in [1.54, 1.807) is 0 Å². The van der Waals surface area contributed by atoms with Gasteiger partial charge < -0.3 is 5.73 Å². The third-order valence-electron chi connectivity index (χ3n) is 1.99. The van der Waals surface area contributed by atoms with Gasteiger partial charge in [-0.15, -0.1) is 0 Å². The predicted molar refractivity (Wildman–Crippen MR) is 52.3 cm³/mol. The van der Waals surface area contributed by atoms with Crippen LogP contribution in [-0.4, -0.2) is 15.2 Å². The molecule has 0 aliphatic heterocycles. The maximum absolute atomic E-state index is 5.89. The van der Waals surface area contributed by atoms with E-state index in [0.717, 1.165) is 24.5 Å². The number of hydrogen-bond donors (Lipinski definition) is 2. The van der Waals surface area contributed by atoms with Crippen molar-refractivity contribution in [2.45, 2.75) is 45.6 Å². The first kappa shape index (κ1) is 10.2. The lowest BCUT2D eigenvalue weighted by atomic mass is 10.2. The molecule has 1 atom stereocenters. The normalized spacial score (nSPS) is 13.6. The third-order valence-corrected chi connectivity index (χ3v) is 1.99. The van der Waals surface area contributed by atoms with Gasteiger partial charge in [-0.25, -0.2) is 4.98 Å². The second kappa shape index (κ2) is 4.37. The highest BCUT2D eigenvalue weighted by Gasteiger charge is 2.11. The monoisotopic (exact) mass is 182 g/mol. The number of nitrogens with zero attached hydrogens (tertiary/aromatic N) is 2. The average Bonchev–Trinajstić information content (AvgIpc) is 2.52. The zero-order chi connectivity index (χ0) is 9.84. The Labute approximate surface area is 78.9 Å². The topological polar surface area (TPSA) is 67.6 Å². The van der Waals surface area contributed by atoms with Gasteiger partial charge in [-0.05, 0) is 6.42 Å². The average molecular weight is 182 g/mol. The van der Waals surface area contributed by atoms with Crippen LogP contribution in [0.15, 0.2) is 0 Å². The lowest BCUT2D eigenvalue weighted by Gasteiger charge is -2.04. The molecule has 1 unspecified atom stereocenters. The fourth-order valence-corrected chi connectivity index (χ4v) is 1.16. The van der Waals surface area contributed by atoms with E-state index in [9.17, 15) is 0 Å². The van der Waals surface area contributed by atoms with Crippen LogP contribution in [0.5, 0.6) is 0 Å². The van der Waals surface area contributed by atoms with E-state index in [1.807, 2.05) is 0 Å². The zero-order valence-electron chi connectivity index (χ0n) is 8.54. The van der Waals surface area contributed by atoms with Crippen LogP contribution in [-0.2, 0) is 0 Å². The smallest absolute Gasteiger partial charge is 0.153 e. The first-order valence-electron chi connectivity index (χ1n) is 4.83. The van der Waals surface area contributed by atoms with Gasteiger partial charge in [-0.1, -0.05) is 27.2 Å². The predicted octanol–water partition coefficient (Wildman–Crippen LogP) is 1.73. The number of aromatic nitrogens is 3. The van der Waals surface area contributed by atoms with Gasteiger partial charge >= 0.3 is 0 Å². The molecule has 0 saturated carbocycles. The Balaban J connectivity index is 2.67. The molecular weight excluding hydrogens is 164 g/mol. The summed E-state index contributed by atoms with van der Waals surface area (Å²) < 4.78 is 0. The Morgan fingerprint density at radius 3 is 2.62 bits per heavy atom. The third kappa shape index (κ3) is 2.52. The van der Waals surface area contributed by atoms with E-state index < -0.39 is 0 Å². The van der Waals surface area contributed by atoms with Gasteiger partial charge in [-0.3, -0.25) is 5.10 Å². The Hall–Kier alpha value is -0.900. The van der Waals surface area contributed by atoms with Crippen molar-refractivity contribution in [2.75, 3.05) is 0 Å². The SMILES string of the molecule is CCCC(N)c1nc(C(C)C)n[nH]1. The molecule has 1 aromatic heterocycles. The Morgan fingerprint density at radius 1 is 1.46 bits per heavy atom. The van der Waals surface area contributed by atoms with Crippen molar-refractivity contribution in [2.24, 2.45) is 5.73 Å². The van der Waals surface area contributed by atoms with Crippen molar-refractivity contribution in [3.8, 4) is 0 Å². The maximum atomic E-state index is 5.89. The highest BCUT2D eigenvalue weighted by molar-refractivity contribution is 4.98. The van der Waals surface area contributed by atoms with Crippen LogP contribution >= 0.6 is 0 Å². The van der Waals surface area contributed by atoms with Crippen LogP contribution in [0.3, 0.4) is 0 Å². The molecule has 4 nitrogen and oxygen atoms in total. The van der Waals surface area contributed by atoms with Gasteiger partial charge in [0.25, 0.3) is 0 Å². The summed E-state index contributed by atoms with van der Waals surface area (Å²) in [5.41, 5.74) is 5.89. The van der Waals surface area contributed by atoms with Crippen molar-refractivity contribution in [1.29, 1.82) is 0 Å². The number of hydrogen-bond acceptors (Lipinski definition) is 3. The zero-order valence-corrected chi connectivity index (χ0v) is 8.54. The minimum Gasteiger partial charge on any atom is -0.321 e. The quantitative estimate of drug-likeness (QED) is 0.745. The number of nitrogens with two attached hydrogens (primary N) is 1. The molecule has 0 amide bonds. The van der Waals surface area contributed by atoms with Gasteiger partial charge in [0.1, 0.15) is 5.82 Å². The van der Waals surface area contributed by atoms with Crippen LogP contribution in [0.2, 0.25) is 0 Å². The summed E-state index contributed by atoms with van der Waals surface area (Å²) in [6.07, 6.45) is 2.02. The van der Waals surface area contributed by atoms with Crippen molar-refractivity contribution in [1.82, 2.24) is 15.2 Å². The summed E-state index contributed by atoms with van der Waals surface area (Å²) in [7, 11) is 0. The molecule has 0 radical (unpaired) electrons. The maximum Gasteiger partial charge on any atom is 0.153 e. The summed E-state index contributed by atoms with van der Waals surface area (Å²) in [6, 6.07) is 0.00463. The number of rotatable bonds is 4. The molecule has 13 heavy (non-hydrogen) atoms. The standard InChI is InChI=1S/C9H18N4/c1-4-5-7(10)9-11-8(6(2)3)12-13-9/h6-7H,4-5,10H2,1-3H3,(H,11,12,13). The number of aromatic amines is 1. The van der Waals surface area contributed by atoms with E-state index in [1.165, 1.54) is 0 Å². The van der Waals surface area contributed by atoms with E-state index in [4.69, 9.17) is 5.73 Å². The Morgan fingerprint density at radius 2 is 2.15 bits per heavy atom. The molecule has 0 saturated heterocycles. The second-order valence-electron chi connectivity index (χ2n) is 3.63. The summed E-state index contributed by atoms with van der Waals surface area (Å²) >= 11 is 0. The van der Waals surface area contributed by atoms with Crippen LogP contribution in [0.4, 0.5) is 0 Å². The fourth-order valence-electron chi connectivity index (χ4n) is 1.16. The molecule has 0 aliphatic carbocycles. The van der Waals surface area contributed by atoms with Crippen molar-refractivity contribution >= 4 is 0 Å². The van der Waals surface area contributed by atoms with Gasteiger partial charge in [0.05, 0.1) is 6.04 Å². The molecule has 74 valence electrons. The highest BCUT2D eigenvalue weighted by atomic mass is 15.2. The van der Waals surface area contributed by atoms with Crippen LogP contribution in [0, 0.1) is 0 Å². The highest BCUT2D eigenvalue weighted by Crippen LogP contribution is 2.14. The second-order valence-corrected chi connectivity index (χ2v) is 3.63. The van der Waals surface area contributed by atoms with Crippen molar-refractivity contribution < 1.29 is 0 Å². The largest absolute Gasteiger partial charge is 0.321 e. The van der Waals surface area contributed by atoms with Gasteiger partial charge in [0, 0.05) is 5.92 Å². The van der Waals surface area contributed by atoms with Crippen LogP contribution < -0.4 is 5.73 Å². The molecule has 0 bridgehead atoms. The molecule has 4 heteroatoms. The van der Waals surface area contributed by atoms with Crippen molar-refractivity contribution in [3.05, 3.63) is 11.6 Å². The molecule has 1 rings (SSSR count). The lowest BCUT2D eigenvalue weighted by molar-refractivity contribution is 0.603. The van der Waals surface area contributed by atoms with E-state index >= 15 is 0 Å². The van der Waals surface area contributed by atoms with Gasteiger partial charge in [0.2, 0.25) is 0 Å². The van der Waals surface area contributed by atoms with Gasteiger partial charge in [0.15, 0.2) is 5.82 Å². The summed E-state index contributed by atoms with van der Waals surface area (Å²) in [4.78, 5) is 4.34. The first-order valence-corrected chi connectivity index (χ1v) is 4.83. The Bertz CT molecular complexity index is 254. The molecule has 1 aromatic rings. The molecule has 3 N–H and O–H groups in total. The van der Waals surface area contributed by atoms with E-state index in [2.05, 4.69) is 36.0 Å². The molecule has 0 spiro atoms. The van der Waals surface area contributed by atoms with E-state index in [-0.39, 0.29) is 6.04 Å². The Kier molecular flexibility index (Phi) is 3.42. The minimum absolute atomic E-state index is 0.00463.